The maximum atomic E-state index is 4.67. The molecule has 0 aliphatic rings. The minimum atomic E-state index is 0.957. The van der Waals surface area contributed by atoms with Crippen LogP contribution in [0.5, 0.6) is 0 Å². The van der Waals surface area contributed by atoms with Crippen LogP contribution in [0.2, 0.25) is 0 Å². The van der Waals surface area contributed by atoms with Gasteiger partial charge in [0.05, 0.1) is 11.4 Å². The largest absolute Gasteiger partial charge is 0.248 e. The van der Waals surface area contributed by atoms with E-state index in [4.69, 9.17) is 0 Å². The molecule has 0 aliphatic heterocycles. The molecule has 0 saturated heterocycles. The molecule has 1 heteroatoms. The lowest BCUT2D eigenvalue weighted by Crippen LogP contribution is -1.85. The third kappa shape index (κ3) is 3.80. The molecular formula is C21H17N. The third-order valence-electron chi connectivity index (χ3n) is 3.31. The maximum Gasteiger partial charge on any atom is 0.0709 e. The summed E-state index contributed by atoms with van der Waals surface area (Å²) in [6.07, 6.45) is 8.15. The summed E-state index contributed by atoms with van der Waals surface area (Å²) in [7, 11) is 0. The van der Waals surface area contributed by atoms with E-state index in [1.54, 1.807) is 0 Å². The fourth-order valence-electron chi connectivity index (χ4n) is 2.20. The van der Waals surface area contributed by atoms with E-state index in [9.17, 15) is 0 Å². The summed E-state index contributed by atoms with van der Waals surface area (Å²) in [4.78, 5) is 4.67. The van der Waals surface area contributed by atoms with Crippen LogP contribution < -0.4 is 0 Å². The van der Waals surface area contributed by atoms with Gasteiger partial charge in [-0.05, 0) is 23.8 Å². The van der Waals surface area contributed by atoms with Gasteiger partial charge in [0, 0.05) is 5.56 Å². The molecule has 3 aromatic rings. The van der Waals surface area contributed by atoms with Crippen LogP contribution in [-0.4, -0.2) is 4.98 Å². The van der Waals surface area contributed by atoms with Gasteiger partial charge in [-0.15, -0.1) is 0 Å². The van der Waals surface area contributed by atoms with Gasteiger partial charge in [0.25, 0.3) is 0 Å². The lowest BCUT2D eigenvalue weighted by molar-refractivity contribution is 1.29. The monoisotopic (exact) mass is 283 g/mol. The Kier molecular flexibility index (Phi) is 4.58. The Hall–Kier alpha value is -2.93. The van der Waals surface area contributed by atoms with Gasteiger partial charge < -0.3 is 0 Å². The normalized spacial score (nSPS) is 11.3. The van der Waals surface area contributed by atoms with Crippen molar-refractivity contribution in [3.05, 3.63) is 102 Å². The lowest BCUT2D eigenvalue weighted by atomic mass is 10.1. The van der Waals surface area contributed by atoms with Gasteiger partial charge in [-0.1, -0.05) is 85.0 Å². The lowest BCUT2D eigenvalue weighted by Gasteiger charge is -2.01. The van der Waals surface area contributed by atoms with Gasteiger partial charge in [-0.3, -0.25) is 0 Å². The molecule has 0 amide bonds. The van der Waals surface area contributed by atoms with Crippen molar-refractivity contribution in [2.45, 2.75) is 0 Å². The molecule has 0 saturated carbocycles. The summed E-state index contributed by atoms with van der Waals surface area (Å²) in [6.45, 7) is 0. The first-order valence-electron chi connectivity index (χ1n) is 7.34. The molecule has 1 aromatic heterocycles. The second-order valence-corrected chi connectivity index (χ2v) is 4.94. The molecule has 0 unspecified atom stereocenters. The smallest absolute Gasteiger partial charge is 0.0709 e. The van der Waals surface area contributed by atoms with Crippen LogP contribution in [0.1, 0.15) is 11.3 Å². The fraction of sp³-hybridized carbons (Fsp3) is 0. The number of allylic oxidation sites excluding steroid dienone is 2. The molecule has 0 N–H and O–H groups in total. The number of hydrogen-bond acceptors (Lipinski definition) is 1. The molecule has 22 heavy (non-hydrogen) atoms. The predicted molar refractivity (Wildman–Crippen MR) is 94.2 cm³/mol. The van der Waals surface area contributed by atoms with E-state index in [1.165, 1.54) is 5.56 Å². The van der Waals surface area contributed by atoms with Gasteiger partial charge in [0.1, 0.15) is 0 Å². The van der Waals surface area contributed by atoms with E-state index >= 15 is 0 Å². The average Bonchev–Trinajstić information content (AvgIpc) is 2.61. The van der Waals surface area contributed by atoms with Crippen molar-refractivity contribution in [3.8, 4) is 11.3 Å². The Labute approximate surface area is 131 Å². The molecule has 3 rings (SSSR count). The number of hydrogen-bond donors (Lipinski definition) is 0. The van der Waals surface area contributed by atoms with Crippen LogP contribution >= 0.6 is 0 Å². The highest BCUT2D eigenvalue weighted by molar-refractivity contribution is 5.62. The average molecular weight is 283 g/mol. The standard InChI is InChI=1S/C21H17N/c1-3-10-18(11-4-1)12-7-8-15-20-16-9-17-21(22-20)19-13-5-2-6-14-19/h1-17H/b12-7+,15-8+. The van der Waals surface area contributed by atoms with Crippen molar-refractivity contribution in [1.29, 1.82) is 0 Å². The second kappa shape index (κ2) is 7.19. The molecular weight excluding hydrogens is 266 g/mol. The Morgan fingerprint density at radius 3 is 2.05 bits per heavy atom. The molecule has 0 radical (unpaired) electrons. The molecule has 1 nitrogen and oxygen atoms in total. The summed E-state index contributed by atoms with van der Waals surface area (Å²) in [6, 6.07) is 26.6. The van der Waals surface area contributed by atoms with Crippen molar-refractivity contribution in [3.63, 3.8) is 0 Å². The summed E-state index contributed by atoms with van der Waals surface area (Å²) in [5, 5.41) is 0. The Morgan fingerprint density at radius 1 is 0.591 bits per heavy atom. The van der Waals surface area contributed by atoms with Gasteiger partial charge in [-0.2, -0.15) is 0 Å². The maximum absolute atomic E-state index is 4.67. The van der Waals surface area contributed by atoms with Crippen molar-refractivity contribution < 1.29 is 0 Å². The Morgan fingerprint density at radius 2 is 1.27 bits per heavy atom. The van der Waals surface area contributed by atoms with Crippen molar-refractivity contribution in [1.82, 2.24) is 4.98 Å². The Bertz CT molecular complexity index is 771. The third-order valence-corrected chi connectivity index (χ3v) is 3.31. The molecule has 0 spiro atoms. The number of rotatable bonds is 4. The zero-order valence-electron chi connectivity index (χ0n) is 12.3. The molecule has 2 aromatic carbocycles. The van der Waals surface area contributed by atoms with Gasteiger partial charge in [-0.25, -0.2) is 4.98 Å². The van der Waals surface area contributed by atoms with Gasteiger partial charge >= 0.3 is 0 Å². The van der Waals surface area contributed by atoms with Crippen LogP contribution in [0.15, 0.2) is 91.0 Å². The van der Waals surface area contributed by atoms with Crippen LogP contribution in [0, 0.1) is 0 Å². The van der Waals surface area contributed by atoms with E-state index in [-0.39, 0.29) is 0 Å². The highest BCUT2D eigenvalue weighted by Crippen LogP contribution is 2.16. The zero-order chi connectivity index (χ0) is 15.0. The first-order valence-corrected chi connectivity index (χ1v) is 7.34. The molecule has 0 atom stereocenters. The minimum absolute atomic E-state index is 0.957. The first kappa shape index (κ1) is 14.0. The number of pyridine rings is 1. The molecule has 0 bridgehead atoms. The van der Waals surface area contributed by atoms with Crippen LogP contribution in [-0.2, 0) is 0 Å². The van der Waals surface area contributed by atoms with Gasteiger partial charge in [0.15, 0.2) is 0 Å². The second-order valence-electron chi connectivity index (χ2n) is 4.94. The molecule has 0 fully saturated rings. The quantitative estimate of drug-likeness (QED) is 0.578. The van der Waals surface area contributed by atoms with E-state index in [0.717, 1.165) is 17.0 Å². The number of aromatic nitrogens is 1. The highest BCUT2D eigenvalue weighted by atomic mass is 14.7. The summed E-state index contributed by atoms with van der Waals surface area (Å²) < 4.78 is 0. The van der Waals surface area contributed by atoms with E-state index in [1.807, 2.05) is 72.8 Å². The van der Waals surface area contributed by atoms with Gasteiger partial charge in [0.2, 0.25) is 0 Å². The molecule has 0 aliphatic carbocycles. The summed E-state index contributed by atoms with van der Waals surface area (Å²) in [5.41, 5.74) is 4.28. The molecule has 1 heterocycles. The summed E-state index contributed by atoms with van der Waals surface area (Å²) in [5.74, 6) is 0. The summed E-state index contributed by atoms with van der Waals surface area (Å²) >= 11 is 0. The Balaban J connectivity index is 1.73. The highest BCUT2D eigenvalue weighted by Gasteiger charge is 1.97. The van der Waals surface area contributed by atoms with Crippen molar-refractivity contribution in [2.75, 3.05) is 0 Å². The van der Waals surface area contributed by atoms with Crippen LogP contribution in [0.4, 0.5) is 0 Å². The molecule has 106 valence electrons. The predicted octanol–water partition coefficient (Wildman–Crippen LogP) is 5.48. The van der Waals surface area contributed by atoms with Crippen molar-refractivity contribution in [2.24, 2.45) is 0 Å². The zero-order valence-corrected chi connectivity index (χ0v) is 12.3. The van der Waals surface area contributed by atoms with Crippen LogP contribution in [0.25, 0.3) is 23.4 Å². The van der Waals surface area contributed by atoms with E-state index < -0.39 is 0 Å². The first-order chi connectivity index (χ1) is 10.9. The van der Waals surface area contributed by atoms with Crippen molar-refractivity contribution >= 4 is 12.2 Å². The number of nitrogens with zero attached hydrogens (tertiary/aromatic N) is 1. The van der Waals surface area contributed by atoms with E-state index in [2.05, 4.69) is 35.3 Å². The SMILES string of the molecule is C(/C=C/c1cccc(-c2ccccc2)n1)=C\c1ccccc1. The fourth-order valence-corrected chi connectivity index (χ4v) is 2.20. The minimum Gasteiger partial charge on any atom is -0.248 e. The van der Waals surface area contributed by atoms with Crippen LogP contribution in [0.3, 0.4) is 0 Å². The van der Waals surface area contributed by atoms with E-state index in [0.29, 0.717) is 0 Å². The topological polar surface area (TPSA) is 12.9 Å². The number of benzene rings is 2.